The molecule has 3 aliphatic rings. The fourth-order valence-corrected chi connectivity index (χ4v) is 5.61. The van der Waals surface area contributed by atoms with E-state index in [0.717, 1.165) is 18.2 Å². The molecule has 13 heteroatoms. The highest BCUT2D eigenvalue weighted by atomic mass is 35.5. The van der Waals surface area contributed by atoms with Gasteiger partial charge in [0.15, 0.2) is 5.78 Å². The highest BCUT2D eigenvalue weighted by molar-refractivity contribution is 6.35. The van der Waals surface area contributed by atoms with Crippen molar-refractivity contribution in [3.63, 3.8) is 0 Å². The summed E-state index contributed by atoms with van der Waals surface area (Å²) in [6, 6.07) is 4.58. The Morgan fingerprint density at radius 3 is 2.66 bits per heavy atom. The van der Waals surface area contributed by atoms with E-state index in [-0.39, 0.29) is 23.4 Å². The van der Waals surface area contributed by atoms with E-state index >= 15 is 0 Å². The fraction of sp³-hybridized carbons (Fsp3) is 0.520. The molecule has 204 valence electrons. The van der Waals surface area contributed by atoms with Gasteiger partial charge in [-0.05, 0) is 49.7 Å². The number of H-pyrrole nitrogens is 1. The number of rotatable bonds is 8. The fourth-order valence-electron chi connectivity index (χ4n) is 5.38. The summed E-state index contributed by atoms with van der Waals surface area (Å²) in [5, 5.41) is 6.32. The van der Waals surface area contributed by atoms with E-state index in [0.29, 0.717) is 36.5 Å². The second kappa shape index (κ2) is 9.88. The van der Waals surface area contributed by atoms with Crippen molar-refractivity contribution in [2.24, 2.45) is 11.3 Å². The molecule has 3 fully saturated rings. The van der Waals surface area contributed by atoms with Gasteiger partial charge < -0.3 is 20.5 Å². The summed E-state index contributed by atoms with van der Waals surface area (Å²) in [4.78, 5) is 56.2. The van der Waals surface area contributed by atoms with Gasteiger partial charge in [-0.15, -0.1) is 13.2 Å². The summed E-state index contributed by atoms with van der Waals surface area (Å²) in [5.74, 6) is -3.04. The number of para-hydroxylation sites is 1. The van der Waals surface area contributed by atoms with Crippen LogP contribution in [0.5, 0.6) is 0 Å². The average molecular weight is 555 g/mol. The second-order valence-electron chi connectivity index (χ2n) is 10.3. The first-order valence-electron chi connectivity index (χ1n) is 12.3. The van der Waals surface area contributed by atoms with Crippen molar-refractivity contribution < 1.29 is 37.1 Å². The number of aromatic amines is 1. The molecule has 2 saturated heterocycles. The number of carbonyl (C=O) groups excluding carboxylic acids is 4. The number of benzene rings is 1. The Kier molecular flexibility index (Phi) is 6.89. The molecule has 0 radical (unpaired) electrons. The smallest absolute Gasteiger partial charge is 0.356 e. The molecule has 3 N–H and O–H groups in total. The molecule has 2 aromatic rings. The van der Waals surface area contributed by atoms with Gasteiger partial charge in [0.2, 0.25) is 11.8 Å². The Hall–Kier alpha value is -3.12. The average Bonchev–Trinajstić information content (AvgIpc) is 3.17. The van der Waals surface area contributed by atoms with Crippen LogP contribution < -0.4 is 10.6 Å². The minimum Gasteiger partial charge on any atom is -0.356 e. The zero-order chi connectivity index (χ0) is 27.2. The largest absolute Gasteiger partial charge is 0.522 e. The SMILES string of the molecule is O=C1NCC[C@H]1C[C@H](NC(=O)[C@@H]1CC2(CC2)CN1C(=O)c1cc2cccc(Cl)c2[nH]1)C(=O)COC(F)(F)F. The maximum absolute atomic E-state index is 13.5. The summed E-state index contributed by atoms with van der Waals surface area (Å²) in [5.41, 5.74) is 0.632. The number of hydrogen-bond donors (Lipinski definition) is 3. The lowest BCUT2D eigenvalue weighted by molar-refractivity contribution is -0.321. The first-order chi connectivity index (χ1) is 17.9. The van der Waals surface area contributed by atoms with Crippen molar-refractivity contribution in [3.05, 3.63) is 35.0 Å². The number of halogens is 4. The summed E-state index contributed by atoms with van der Waals surface area (Å²) in [6.45, 7) is -0.580. The van der Waals surface area contributed by atoms with E-state index in [2.05, 4.69) is 20.4 Å². The molecule has 5 rings (SSSR count). The molecule has 3 amide bonds. The monoisotopic (exact) mass is 554 g/mol. The number of ether oxygens (including phenoxy) is 1. The van der Waals surface area contributed by atoms with Crippen molar-refractivity contribution in [2.75, 3.05) is 19.7 Å². The van der Waals surface area contributed by atoms with Crippen LogP contribution in [0.4, 0.5) is 13.2 Å². The molecule has 3 heterocycles. The molecule has 38 heavy (non-hydrogen) atoms. The number of aromatic nitrogens is 1. The van der Waals surface area contributed by atoms with Crippen LogP contribution >= 0.6 is 11.6 Å². The molecule has 1 aromatic heterocycles. The van der Waals surface area contributed by atoms with Crippen molar-refractivity contribution in [3.8, 4) is 0 Å². The zero-order valence-corrected chi connectivity index (χ0v) is 21.0. The summed E-state index contributed by atoms with van der Waals surface area (Å²) >= 11 is 6.23. The molecule has 0 bridgehead atoms. The molecule has 9 nitrogen and oxygen atoms in total. The second-order valence-corrected chi connectivity index (χ2v) is 10.7. The Balaban J connectivity index is 1.35. The van der Waals surface area contributed by atoms with Crippen LogP contribution in [0.25, 0.3) is 10.9 Å². The van der Waals surface area contributed by atoms with Crippen LogP contribution in [-0.4, -0.2) is 71.5 Å². The standard InChI is InChI=1S/C25H26ClF3N4O5/c26-15-3-1-2-13-8-17(31-20(13)15)23(37)33-12-24(5-6-24)10-18(33)22(36)32-16(9-14-4-7-30-21(14)35)19(34)11-38-25(27,28)29/h1-3,8,14,16,18,31H,4-7,9-12H2,(H,30,35)(H,32,36)/t14-,16-,18-/m0/s1. The van der Waals surface area contributed by atoms with Gasteiger partial charge in [0.1, 0.15) is 18.3 Å². The van der Waals surface area contributed by atoms with E-state index in [1.807, 2.05) is 0 Å². The number of fused-ring (bicyclic) bond motifs is 1. The third kappa shape index (κ3) is 5.51. The molecule has 1 spiro atoms. The van der Waals surface area contributed by atoms with E-state index < -0.39 is 48.6 Å². The lowest BCUT2D eigenvalue weighted by Crippen LogP contribution is -2.52. The van der Waals surface area contributed by atoms with Gasteiger partial charge in [-0.1, -0.05) is 23.7 Å². The van der Waals surface area contributed by atoms with Crippen molar-refractivity contribution in [1.82, 2.24) is 20.5 Å². The molecule has 3 atom stereocenters. The number of Topliss-reactive ketones (excluding diaryl/α,β-unsaturated/α-hetero) is 1. The minimum absolute atomic E-state index is 0.163. The highest BCUT2D eigenvalue weighted by Gasteiger charge is 2.55. The molecular formula is C25H26ClF3N4O5. The minimum atomic E-state index is -5.02. The Bertz CT molecular complexity index is 1290. The molecule has 1 aromatic carbocycles. The number of ketones is 1. The van der Waals surface area contributed by atoms with Crippen LogP contribution in [0, 0.1) is 11.3 Å². The van der Waals surface area contributed by atoms with Crippen LogP contribution in [0.15, 0.2) is 24.3 Å². The van der Waals surface area contributed by atoms with E-state index in [1.165, 1.54) is 4.90 Å². The Morgan fingerprint density at radius 1 is 1.26 bits per heavy atom. The van der Waals surface area contributed by atoms with Crippen LogP contribution in [0.3, 0.4) is 0 Å². The van der Waals surface area contributed by atoms with E-state index in [1.54, 1.807) is 24.3 Å². The lowest BCUT2D eigenvalue weighted by atomic mass is 9.95. The zero-order valence-electron chi connectivity index (χ0n) is 20.2. The lowest BCUT2D eigenvalue weighted by Gasteiger charge is -2.26. The number of nitrogens with one attached hydrogen (secondary N) is 3. The number of hydrogen-bond acceptors (Lipinski definition) is 5. The Morgan fingerprint density at radius 2 is 2.03 bits per heavy atom. The molecule has 0 unspecified atom stereocenters. The van der Waals surface area contributed by atoms with Gasteiger partial charge in [0.05, 0.1) is 16.6 Å². The molecule has 2 aliphatic heterocycles. The number of carbonyl (C=O) groups is 4. The van der Waals surface area contributed by atoms with Gasteiger partial charge >= 0.3 is 6.36 Å². The first-order valence-corrected chi connectivity index (χ1v) is 12.7. The van der Waals surface area contributed by atoms with Gasteiger partial charge in [-0.2, -0.15) is 0 Å². The topological polar surface area (TPSA) is 121 Å². The number of likely N-dealkylation sites (tertiary alicyclic amines) is 1. The highest BCUT2D eigenvalue weighted by Crippen LogP contribution is 2.55. The third-order valence-corrected chi connectivity index (χ3v) is 7.95. The van der Waals surface area contributed by atoms with E-state index in [4.69, 9.17) is 11.6 Å². The maximum Gasteiger partial charge on any atom is 0.522 e. The molecule has 1 saturated carbocycles. The van der Waals surface area contributed by atoms with Gasteiger partial charge in [-0.25, -0.2) is 0 Å². The quantitative estimate of drug-likeness (QED) is 0.463. The number of amides is 3. The normalized spacial score (nSPS) is 23.1. The van der Waals surface area contributed by atoms with Crippen molar-refractivity contribution in [1.29, 1.82) is 0 Å². The third-order valence-electron chi connectivity index (χ3n) is 7.63. The Labute approximate surface area is 220 Å². The van der Waals surface area contributed by atoms with Gasteiger partial charge in [0, 0.05) is 24.4 Å². The van der Waals surface area contributed by atoms with Crippen molar-refractivity contribution >= 4 is 46.0 Å². The summed E-state index contributed by atoms with van der Waals surface area (Å²) < 4.78 is 41.4. The maximum atomic E-state index is 13.5. The predicted molar refractivity (Wildman–Crippen MR) is 129 cm³/mol. The molecular weight excluding hydrogens is 529 g/mol. The van der Waals surface area contributed by atoms with Crippen LogP contribution in [-0.2, 0) is 19.1 Å². The van der Waals surface area contributed by atoms with Gasteiger partial charge in [-0.3, -0.25) is 23.9 Å². The van der Waals surface area contributed by atoms with Crippen LogP contribution in [0.2, 0.25) is 5.02 Å². The number of alkyl halides is 3. The summed E-state index contributed by atoms with van der Waals surface area (Å²) in [6.07, 6.45) is -2.76. The predicted octanol–water partition coefficient (Wildman–Crippen LogP) is 2.93. The van der Waals surface area contributed by atoms with Crippen LogP contribution in [0.1, 0.15) is 42.6 Å². The molecule has 1 aliphatic carbocycles. The summed E-state index contributed by atoms with van der Waals surface area (Å²) in [7, 11) is 0. The number of nitrogens with zero attached hydrogens (tertiary/aromatic N) is 1. The van der Waals surface area contributed by atoms with Crippen molar-refractivity contribution in [2.45, 2.75) is 50.6 Å². The first kappa shape index (κ1) is 26.5. The van der Waals surface area contributed by atoms with E-state index in [9.17, 15) is 32.3 Å². The van der Waals surface area contributed by atoms with Gasteiger partial charge in [0.25, 0.3) is 5.91 Å².